The van der Waals surface area contributed by atoms with Crippen LogP contribution in [0.3, 0.4) is 0 Å². The Morgan fingerprint density at radius 1 is 1.17 bits per heavy atom. The zero-order valence-corrected chi connectivity index (χ0v) is 11.4. The van der Waals surface area contributed by atoms with Gasteiger partial charge in [0.2, 0.25) is 0 Å². The van der Waals surface area contributed by atoms with Crippen LogP contribution in [-0.4, -0.2) is 50.2 Å². The predicted octanol–water partition coefficient (Wildman–Crippen LogP) is 1.40. The number of piperazine rings is 2. The third-order valence-corrected chi connectivity index (χ3v) is 4.48. The van der Waals surface area contributed by atoms with E-state index in [1.807, 2.05) is 0 Å². The van der Waals surface area contributed by atoms with Crippen molar-refractivity contribution in [2.45, 2.75) is 19.9 Å². The molecule has 0 amide bonds. The van der Waals surface area contributed by atoms with Crippen LogP contribution in [0.25, 0.3) is 0 Å². The zero-order chi connectivity index (χ0) is 12.5. The molecule has 0 spiro atoms. The maximum absolute atomic E-state index is 3.51. The minimum Gasteiger partial charge on any atom is -0.368 e. The molecule has 2 aliphatic heterocycles. The van der Waals surface area contributed by atoms with Crippen LogP contribution in [0.1, 0.15) is 11.1 Å². The molecule has 3 rings (SSSR count). The van der Waals surface area contributed by atoms with Crippen LogP contribution in [0, 0.1) is 13.8 Å². The normalized spacial score (nSPS) is 25.0. The summed E-state index contributed by atoms with van der Waals surface area (Å²) < 4.78 is 0. The van der Waals surface area contributed by atoms with Gasteiger partial charge in [0.05, 0.1) is 0 Å². The molecule has 3 nitrogen and oxygen atoms in total. The van der Waals surface area contributed by atoms with Crippen molar-refractivity contribution in [3.63, 3.8) is 0 Å². The Bertz CT molecular complexity index is 430. The molecule has 18 heavy (non-hydrogen) atoms. The first kappa shape index (κ1) is 12.0. The molecule has 1 atom stereocenters. The molecule has 1 unspecified atom stereocenters. The van der Waals surface area contributed by atoms with Gasteiger partial charge in [0.25, 0.3) is 0 Å². The van der Waals surface area contributed by atoms with E-state index < -0.39 is 0 Å². The predicted molar refractivity (Wildman–Crippen MR) is 76.4 cm³/mol. The second kappa shape index (κ2) is 4.90. The van der Waals surface area contributed by atoms with Crippen molar-refractivity contribution in [2.24, 2.45) is 0 Å². The van der Waals surface area contributed by atoms with E-state index in [0.717, 1.165) is 19.6 Å². The Kier molecular flexibility index (Phi) is 3.27. The van der Waals surface area contributed by atoms with E-state index in [4.69, 9.17) is 0 Å². The fourth-order valence-corrected chi connectivity index (χ4v) is 3.17. The van der Waals surface area contributed by atoms with E-state index in [-0.39, 0.29) is 0 Å². The van der Waals surface area contributed by atoms with Gasteiger partial charge in [-0.25, -0.2) is 0 Å². The molecular formula is C15H23N3. The summed E-state index contributed by atoms with van der Waals surface area (Å²) in [7, 11) is 0. The third kappa shape index (κ3) is 2.13. The van der Waals surface area contributed by atoms with Gasteiger partial charge in [-0.15, -0.1) is 0 Å². The highest BCUT2D eigenvalue weighted by Gasteiger charge is 2.29. The van der Waals surface area contributed by atoms with Gasteiger partial charge < -0.3 is 10.2 Å². The van der Waals surface area contributed by atoms with Crippen molar-refractivity contribution in [1.29, 1.82) is 0 Å². The number of fused-ring (bicyclic) bond motifs is 1. The van der Waals surface area contributed by atoms with Crippen molar-refractivity contribution in [3.8, 4) is 0 Å². The summed E-state index contributed by atoms with van der Waals surface area (Å²) >= 11 is 0. The van der Waals surface area contributed by atoms with Crippen molar-refractivity contribution in [3.05, 3.63) is 29.3 Å². The molecule has 0 radical (unpaired) electrons. The Morgan fingerprint density at radius 2 is 2.06 bits per heavy atom. The summed E-state index contributed by atoms with van der Waals surface area (Å²) in [5.41, 5.74) is 4.27. The number of aryl methyl sites for hydroxylation is 1. The molecule has 2 heterocycles. The first-order valence-corrected chi connectivity index (χ1v) is 7.01. The summed E-state index contributed by atoms with van der Waals surface area (Å²) in [5, 5.41) is 3.51. The lowest BCUT2D eigenvalue weighted by Crippen LogP contribution is -2.61. The van der Waals surface area contributed by atoms with E-state index in [0.29, 0.717) is 6.04 Å². The van der Waals surface area contributed by atoms with Crippen LogP contribution in [0.4, 0.5) is 5.69 Å². The smallest absolute Gasteiger partial charge is 0.0399 e. The van der Waals surface area contributed by atoms with Gasteiger partial charge in [-0.3, -0.25) is 4.90 Å². The quantitative estimate of drug-likeness (QED) is 0.807. The fourth-order valence-electron chi connectivity index (χ4n) is 3.17. The van der Waals surface area contributed by atoms with Crippen LogP contribution < -0.4 is 10.2 Å². The summed E-state index contributed by atoms with van der Waals surface area (Å²) in [5.74, 6) is 0. The number of benzene rings is 1. The Hall–Kier alpha value is -1.06. The minimum absolute atomic E-state index is 0.687. The Labute approximate surface area is 110 Å². The third-order valence-electron chi connectivity index (χ3n) is 4.48. The molecule has 0 saturated carbocycles. The topological polar surface area (TPSA) is 18.5 Å². The number of nitrogens with zero attached hydrogens (tertiary/aromatic N) is 2. The number of hydrogen-bond acceptors (Lipinski definition) is 3. The molecule has 0 aliphatic carbocycles. The highest BCUT2D eigenvalue weighted by Crippen LogP contribution is 2.25. The first-order valence-electron chi connectivity index (χ1n) is 7.01. The van der Waals surface area contributed by atoms with E-state index in [1.54, 1.807) is 0 Å². The van der Waals surface area contributed by atoms with E-state index in [2.05, 4.69) is 47.2 Å². The molecule has 1 aromatic carbocycles. The molecular weight excluding hydrogens is 222 g/mol. The lowest BCUT2D eigenvalue weighted by molar-refractivity contribution is 0.146. The SMILES string of the molecule is Cc1cccc(N2CCN3CCNCC3C2)c1C. The molecule has 2 fully saturated rings. The highest BCUT2D eigenvalue weighted by atomic mass is 15.3. The maximum Gasteiger partial charge on any atom is 0.0399 e. The summed E-state index contributed by atoms with van der Waals surface area (Å²) in [6.45, 7) is 11.5. The second-order valence-corrected chi connectivity index (χ2v) is 5.56. The number of nitrogens with one attached hydrogen (secondary N) is 1. The molecule has 2 saturated heterocycles. The molecule has 1 aromatic rings. The second-order valence-electron chi connectivity index (χ2n) is 5.56. The summed E-state index contributed by atoms with van der Waals surface area (Å²) in [4.78, 5) is 5.20. The number of anilines is 1. The molecule has 98 valence electrons. The highest BCUT2D eigenvalue weighted by molar-refractivity contribution is 5.56. The van der Waals surface area contributed by atoms with E-state index in [9.17, 15) is 0 Å². The van der Waals surface area contributed by atoms with Gasteiger partial charge in [0.15, 0.2) is 0 Å². The fraction of sp³-hybridized carbons (Fsp3) is 0.600. The van der Waals surface area contributed by atoms with Gasteiger partial charge >= 0.3 is 0 Å². The van der Waals surface area contributed by atoms with Crippen molar-refractivity contribution >= 4 is 5.69 Å². The van der Waals surface area contributed by atoms with Gasteiger partial charge in [-0.2, -0.15) is 0 Å². The molecule has 0 bridgehead atoms. The zero-order valence-electron chi connectivity index (χ0n) is 11.4. The molecule has 1 N–H and O–H groups in total. The largest absolute Gasteiger partial charge is 0.368 e. The van der Waals surface area contributed by atoms with Crippen molar-refractivity contribution in [1.82, 2.24) is 10.2 Å². The van der Waals surface area contributed by atoms with Crippen LogP contribution in [0.15, 0.2) is 18.2 Å². The maximum atomic E-state index is 3.51. The molecule has 0 aromatic heterocycles. The Balaban J connectivity index is 1.79. The number of hydrogen-bond donors (Lipinski definition) is 1. The Morgan fingerprint density at radius 3 is 2.94 bits per heavy atom. The van der Waals surface area contributed by atoms with Crippen LogP contribution in [0.5, 0.6) is 0 Å². The average molecular weight is 245 g/mol. The lowest BCUT2D eigenvalue weighted by Gasteiger charge is -2.45. The number of rotatable bonds is 1. The van der Waals surface area contributed by atoms with Crippen molar-refractivity contribution < 1.29 is 0 Å². The van der Waals surface area contributed by atoms with E-state index in [1.165, 1.54) is 36.4 Å². The van der Waals surface area contributed by atoms with Crippen LogP contribution >= 0.6 is 0 Å². The summed E-state index contributed by atoms with van der Waals surface area (Å²) in [6, 6.07) is 7.35. The van der Waals surface area contributed by atoms with E-state index >= 15 is 0 Å². The van der Waals surface area contributed by atoms with Gasteiger partial charge in [0, 0.05) is 51.0 Å². The minimum atomic E-state index is 0.687. The molecule has 2 aliphatic rings. The van der Waals surface area contributed by atoms with Gasteiger partial charge in [0.1, 0.15) is 0 Å². The first-order chi connectivity index (χ1) is 8.75. The lowest BCUT2D eigenvalue weighted by atomic mass is 10.0. The molecule has 3 heteroatoms. The summed E-state index contributed by atoms with van der Waals surface area (Å²) in [6.07, 6.45) is 0. The average Bonchev–Trinajstić information content (AvgIpc) is 2.41. The monoisotopic (exact) mass is 245 g/mol. The van der Waals surface area contributed by atoms with Crippen LogP contribution in [-0.2, 0) is 0 Å². The van der Waals surface area contributed by atoms with Crippen molar-refractivity contribution in [2.75, 3.05) is 44.2 Å². The van der Waals surface area contributed by atoms with Gasteiger partial charge in [-0.1, -0.05) is 12.1 Å². The van der Waals surface area contributed by atoms with Crippen LogP contribution in [0.2, 0.25) is 0 Å². The standard InChI is InChI=1S/C15H23N3/c1-12-4-3-5-15(13(12)2)18-9-8-17-7-6-16-10-14(17)11-18/h3-5,14,16H,6-11H2,1-2H3. The van der Waals surface area contributed by atoms with Gasteiger partial charge in [-0.05, 0) is 31.0 Å².